The molecule has 0 fully saturated rings. The van der Waals surface area contributed by atoms with Crippen LogP contribution in [-0.2, 0) is 10.5 Å². The number of ether oxygens (including phenoxy) is 2. The first-order valence-electron chi connectivity index (χ1n) is 13.3. The second kappa shape index (κ2) is 11.3. The molecule has 0 saturated heterocycles. The minimum atomic E-state index is -0.675. The summed E-state index contributed by atoms with van der Waals surface area (Å²) in [6.07, 6.45) is -0.548. The number of aromatic nitrogens is 2. The monoisotopic (exact) mass is 572 g/mol. The van der Waals surface area contributed by atoms with E-state index in [1.165, 1.54) is 11.7 Å². The Morgan fingerprint density at radius 2 is 1.80 bits per heavy atom. The summed E-state index contributed by atoms with van der Waals surface area (Å²) in [7, 11) is 1.46. The maximum atomic E-state index is 13.6. The predicted molar refractivity (Wildman–Crippen MR) is 161 cm³/mol. The van der Waals surface area contributed by atoms with Crippen molar-refractivity contribution in [2.75, 3.05) is 29.6 Å². The van der Waals surface area contributed by atoms with Crippen molar-refractivity contribution in [1.82, 2.24) is 9.55 Å². The standard InChI is InChI=1S/C31H32N4O5S/c1-19-32-27-23(10-8-12-25(27)35(19)30(38)40-31(2,3)4)33-28(36)22-14-13-20(17-26(22)39-5)29(37)34-15-16-41-18-21-9-6-7-11-24(21)34/h6-14,17H,15-16,18H2,1-5H3,(H,33,36). The molecule has 3 aromatic carbocycles. The van der Waals surface area contributed by atoms with Crippen LogP contribution in [0.5, 0.6) is 5.75 Å². The highest BCUT2D eigenvalue weighted by Gasteiger charge is 2.26. The zero-order valence-electron chi connectivity index (χ0n) is 23.7. The molecule has 41 heavy (non-hydrogen) atoms. The van der Waals surface area contributed by atoms with Crippen molar-refractivity contribution < 1.29 is 23.9 Å². The summed E-state index contributed by atoms with van der Waals surface area (Å²) in [6.45, 7) is 7.68. The fourth-order valence-electron chi connectivity index (χ4n) is 4.78. The minimum Gasteiger partial charge on any atom is -0.496 e. The Hall–Kier alpha value is -4.31. The molecule has 1 aromatic heterocycles. The van der Waals surface area contributed by atoms with Gasteiger partial charge in [0.25, 0.3) is 11.8 Å². The van der Waals surface area contributed by atoms with Crippen LogP contribution < -0.4 is 15.0 Å². The van der Waals surface area contributed by atoms with E-state index in [4.69, 9.17) is 9.47 Å². The van der Waals surface area contributed by atoms with E-state index in [2.05, 4.69) is 10.3 Å². The number of para-hydroxylation sites is 2. The third kappa shape index (κ3) is 5.78. The number of rotatable bonds is 4. The van der Waals surface area contributed by atoms with Gasteiger partial charge in [-0.2, -0.15) is 11.8 Å². The summed E-state index contributed by atoms with van der Waals surface area (Å²) in [4.78, 5) is 46.2. The van der Waals surface area contributed by atoms with Gasteiger partial charge in [0.2, 0.25) is 0 Å². The number of carbonyl (C=O) groups excluding carboxylic acids is 3. The quantitative estimate of drug-likeness (QED) is 0.307. The van der Waals surface area contributed by atoms with Gasteiger partial charge in [-0.15, -0.1) is 0 Å². The van der Waals surface area contributed by atoms with Gasteiger partial charge in [-0.05, 0) is 69.7 Å². The molecule has 212 valence electrons. The van der Waals surface area contributed by atoms with Crippen LogP contribution in [0, 0.1) is 6.92 Å². The predicted octanol–water partition coefficient (Wildman–Crippen LogP) is 6.28. The second-order valence-corrected chi connectivity index (χ2v) is 11.8. The maximum absolute atomic E-state index is 13.6. The zero-order chi connectivity index (χ0) is 29.3. The molecule has 0 radical (unpaired) electrons. The summed E-state index contributed by atoms with van der Waals surface area (Å²) in [5.74, 6) is 1.79. The Kier molecular flexibility index (Phi) is 7.77. The van der Waals surface area contributed by atoms with E-state index in [0.29, 0.717) is 34.7 Å². The lowest BCUT2D eigenvalue weighted by molar-refractivity contribution is 0.0540. The molecule has 0 aliphatic carbocycles. The van der Waals surface area contributed by atoms with Crippen LogP contribution in [0.4, 0.5) is 16.2 Å². The molecule has 0 unspecified atom stereocenters. The van der Waals surface area contributed by atoms with Crippen LogP contribution in [0.3, 0.4) is 0 Å². The SMILES string of the molecule is COc1cc(C(=O)N2CCSCc3ccccc32)ccc1C(=O)Nc1cccc2c1nc(C)n2C(=O)OC(C)(C)C. The van der Waals surface area contributed by atoms with E-state index < -0.39 is 17.6 Å². The summed E-state index contributed by atoms with van der Waals surface area (Å²) in [6, 6.07) is 17.9. The highest BCUT2D eigenvalue weighted by atomic mass is 32.2. The molecule has 1 aliphatic rings. The van der Waals surface area contributed by atoms with Crippen LogP contribution in [0.1, 0.15) is 52.9 Å². The summed E-state index contributed by atoms with van der Waals surface area (Å²) < 4.78 is 12.5. The van der Waals surface area contributed by atoms with Gasteiger partial charge in [-0.25, -0.2) is 14.3 Å². The Morgan fingerprint density at radius 3 is 2.56 bits per heavy atom. The Morgan fingerprint density at radius 1 is 1.02 bits per heavy atom. The number of benzene rings is 3. The van der Waals surface area contributed by atoms with Crippen LogP contribution in [0.25, 0.3) is 11.0 Å². The van der Waals surface area contributed by atoms with E-state index in [1.807, 2.05) is 24.3 Å². The van der Waals surface area contributed by atoms with Crippen LogP contribution in [0.15, 0.2) is 60.7 Å². The first-order chi connectivity index (χ1) is 19.6. The number of amides is 2. The van der Waals surface area contributed by atoms with Gasteiger partial charge in [-0.1, -0.05) is 24.3 Å². The second-order valence-electron chi connectivity index (χ2n) is 10.7. The number of aryl methyl sites for hydroxylation is 1. The number of hydrogen-bond acceptors (Lipinski definition) is 7. The van der Waals surface area contributed by atoms with Gasteiger partial charge in [0, 0.05) is 29.3 Å². The first-order valence-corrected chi connectivity index (χ1v) is 14.4. The molecular weight excluding hydrogens is 540 g/mol. The molecule has 2 amide bonds. The molecule has 0 saturated carbocycles. The number of nitrogens with one attached hydrogen (secondary N) is 1. The molecular formula is C31H32N4O5S. The van der Waals surface area contributed by atoms with Gasteiger partial charge in [-0.3, -0.25) is 9.59 Å². The van der Waals surface area contributed by atoms with Crippen molar-refractivity contribution >= 4 is 52.1 Å². The fourth-order valence-corrected chi connectivity index (χ4v) is 5.70. The Labute approximate surface area is 242 Å². The third-order valence-corrected chi connectivity index (χ3v) is 7.60. The Balaban J connectivity index is 1.42. The van der Waals surface area contributed by atoms with Crippen molar-refractivity contribution in [3.63, 3.8) is 0 Å². The lowest BCUT2D eigenvalue weighted by Crippen LogP contribution is -2.33. The maximum Gasteiger partial charge on any atom is 0.420 e. The summed E-state index contributed by atoms with van der Waals surface area (Å²) >= 11 is 1.79. The Bertz CT molecular complexity index is 1660. The molecule has 10 heteroatoms. The molecule has 4 aromatic rings. The molecule has 1 aliphatic heterocycles. The van der Waals surface area contributed by atoms with Crippen molar-refractivity contribution in [2.24, 2.45) is 0 Å². The number of methoxy groups -OCH3 is 1. The van der Waals surface area contributed by atoms with Crippen molar-refractivity contribution in [1.29, 1.82) is 0 Å². The van der Waals surface area contributed by atoms with Crippen molar-refractivity contribution in [3.8, 4) is 5.75 Å². The molecule has 1 N–H and O–H groups in total. The van der Waals surface area contributed by atoms with Gasteiger partial charge < -0.3 is 19.7 Å². The topological polar surface area (TPSA) is 103 Å². The lowest BCUT2D eigenvalue weighted by atomic mass is 10.1. The van der Waals surface area contributed by atoms with Crippen LogP contribution >= 0.6 is 11.8 Å². The number of anilines is 2. The van der Waals surface area contributed by atoms with Gasteiger partial charge in [0.15, 0.2) is 0 Å². The van der Waals surface area contributed by atoms with E-state index in [0.717, 1.165) is 22.8 Å². The van der Waals surface area contributed by atoms with E-state index in [1.54, 1.807) is 80.8 Å². The summed E-state index contributed by atoms with van der Waals surface area (Å²) in [5, 5.41) is 2.89. The highest BCUT2D eigenvalue weighted by Crippen LogP contribution is 2.31. The number of imidazole rings is 1. The first kappa shape index (κ1) is 28.2. The van der Waals surface area contributed by atoms with Crippen LogP contribution in [0.2, 0.25) is 0 Å². The minimum absolute atomic E-state index is 0.155. The number of fused-ring (bicyclic) bond motifs is 2. The normalized spacial score (nSPS) is 13.3. The average molecular weight is 573 g/mol. The summed E-state index contributed by atoms with van der Waals surface area (Å²) in [5.41, 5.74) is 3.42. The molecule has 9 nitrogen and oxygen atoms in total. The number of carbonyl (C=O) groups is 3. The van der Waals surface area contributed by atoms with Crippen molar-refractivity contribution in [2.45, 2.75) is 39.0 Å². The van der Waals surface area contributed by atoms with Gasteiger partial charge in [0.05, 0.1) is 23.9 Å². The fraction of sp³-hybridized carbons (Fsp3) is 0.290. The molecule has 0 bridgehead atoms. The number of hydrogen-bond donors (Lipinski definition) is 1. The molecule has 2 heterocycles. The molecule has 5 rings (SSSR count). The van der Waals surface area contributed by atoms with Gasteiger partial charge in [0.1, 0.15) is 22.7 Å². The van der Waals surface area contributed by atoms with Crippen molar-refractivity contribution in [3.05, 3.63) is 83.2 Å². The van der Waals surface area contributed by atoms with E-state index in [9.17, 15) is 14.4 Å². The molecule has 0 spiro atoms. The van der Waals surface area contributed by atoms with E-state index >= 15 is 0 Å². The van der Waals surface area contributed by atoms with E-state index in [-0.39, 0.29) is 17.2 Å². The largest absolute Gasteiger partial charge is 0.496 e. The highest BCUT2D eigenvalue weighted by molar-refractivity contribution is 7.98. The molecule has 0 atom stereocenters. The number of thioether (sulfide) groups is 1. The number of nitrogens with zero attached hydrogens (tertiary/aromatic N) is 3. The average Bonchev–Trinajstić information content (AvgIpc) is 3.13. The third-order valence-electron chi connectivity index (χ3n) is 6.61. The zero-order valence-corrected chi connectivity index (χ0v) is 24.5. The van der Waals surface area contributed by atoms with Crippen LogP contribution in [-0.4, -0.2) is 52.5 Å². The van der Waals surface area contributed by atoms with Gasteiger partial charge >= 0.3 is 6.09 Å². The smallest absolute Gasteiger partial charge is 0.420 e. The lowest BCUT2D eigenvalue weighted by Gasteiger charge is -2.23.